The first-order chi connectivity index (χ1) is 9.41. The molecule has 0 aliphatic carbocycles. The van der Waals surface area contributed by atoms with Crippen LogP contribution < -0.4 is 10.2 Å². The molecule has 0 aromatic carbocycles. The molecule has 0 bridgehead atoms. The molecular formula is C12H17F3N4O. The lowest BCUT2D eigenvalue weighted by Gasteiger charge is -2.34. The number of halogens is 3. The summed E-state index contributed by atoms with van der Waals surface area (Å²) in [6, 6.07) is 1.52. The van der Waals surface area contributed by atoms with Gasteiger partial charge in [0.25, 0.3) is 0 Å². The average molecular weight is 290 g/mol. The van der Waals surface area contributed by atoms with E-state index in [9.17, 15) is 13.2 Å². The zero-order chi connectivity index (χ0) is 14.8. The molecule has 1 aliphatic rings. The van der Waals surface area contributed by atoms with Crippen LogP contribution >= 0.6 is 0 Å². The van der Waals surface area contributed by atoms with Crippen LogP contribution in [0.3, 0.4) is 0 Å². The molecule has 0 radical (unpaired) electrons. The molecule has 1 aliphatic heterocycles. The summed E-state index contributed by atoms with van der Waals surface area (Å²) >= 11 is 0. The maximum absolute atomic E-state index is 12.9. The van der Waals surface area contributed by atoms with E-state index in [1.54, 1.807) is 17.9 Å². The minimum absolute atomic E-state index is 0.0192. The summed E-state index contributed by atoms with van der Waals surface area (Å²) in [6.07, 6.45) is -4.56. The third kappa shape index (κ3) is 3.30. The van der Waals surface area contributed by atoms with Gasteiger partial charge in [0.05, 0.1) is 19.3 Å². The van der Waals surface area contributed by atoms with E-state index in [-0.39, 0.29) is 17.7 Å². The molecule has 1 saturated heterocycles. The van der Waals surface area contributed by atoms with E-state index in [0.717, 1.165) is 0 Å². The SMILES string of the molecule is CCNc1cc(N2CCOCC2C)nc(C(F)(F)F)n1. The monoisotopic (exact) mass is 290 g/mol. The predicted octanol–water partition coefficient (Wildman–Crippen LogP) is 2.15. The summed E-state index contributed by atoms with van der Waals surface area (Å²) in [6.45, 7) is 5.65. The van der Waals surface area contributed by atoms with Gasteiger partial charge in [-0.15, -0.1) is 0 Å². The number of hydrogen-bond donors (Lipinski definition) is 1. The number of aromatic nitrogens is 2. The fourth-order valence-electron chi connectivity index (χ4n) is 2.05. The molecular weight excluding hydrogens is 273 g/mol. The molecule has 0 spiro atoms. The Bertz CT molecular complexity index is 467. The molecule has 1 fully saturated rings. The molecule has 1 N–H and O–H groups in total. The standard InChI is InChI=1S/C12H17F3N4O/c1-3-16-9-6-10(18-11(17-9)12(13,14)15)19-4-5-20-7-8(19)2/h6,8H,3-5,7H2,1-2H3,(H,16,17,18). The first-order valence-corrected chi connectivity index (χ1v) is 6.46. The van der Waals surface area contributed by atoms with Crippen molar-refractivity contribution in [1.82, 2.24) is 9.97 Å². The normalized spacial score (nSPS) is 20.1. The van der Waals surface area contributed by atoms with Crippen molar-refractivity contribution in [3.05, 3.63) is 11.9 Å². The highest BCUT2D eigenvalue weighted by molar-refractivity contribution is 5.50. The van der Waals surface area contributed by atoms with Gasteiger partial charge < -0.3 is 15.0 Å². The smallest absolute Gasteiger partial charge is 0.377 e. The van der Waals surface area contributed by atoms with Crippen molar-refractivity contribution in [3.63, 3.8) is 0 Å². The average Bonchev–Trinajstić information content (AvgIpc) is 2.38. The van der Waals surface area contributed by atoms with Gasteiger partial charge >= 0.3 is 6.18 Å². The zero-order valence-corrected chi connectivity index (χ0v) is 11.4. The van der Waals surface area contributed by atoms with E-state index >= 15 is 0 Å². The number of nitrogens with one attached hydrogen (secondary N) is 1. The number of ether oxygens (including phenoxy) is 1. The van der Waals surface area contributed by atoms with Gasteiger partial charge in [0.2, 0.25) is 5.82 Å². The van der Waals surface area contributed by atoms with E-state index < -0.39 is 12.0 Å². The number of nitrogens with zero attached hydrogens (tertiary/aromatic N) is 3. The minimum Gasteiger partial charge on any atom is -0.377 e. The highest BCUT2D eigenvalue weighted by atomic mass is 19.4. The van der Waals surface area contributed by atoms with Crippen LogP contribution in [0.4, 0.5) is 24.8 Å². The van der Waals surface area contributed by atoms with Crippen LogP contribution in [0.15, 0.2) is 6.07 Å². The van der Waals surface area contributed by atoms with Crippen LogP contribution in [0.1, 0.15) is 19.7 Å². The molecule has 2 heterocycles. The first kappa shape index (κ1) is 14.8. The van der Waals surface area contributed by atoms with Gasteiger partial charge in [-0.3, -0.25) is 0 Å². The zero-order valence-electron chi connectivity index (χ0n) is 11.4. The second-order valence-corrected chi connectivity index (χ2v) is 4.58. The number of anilines is 2. The Balaban J connectivity index is 2.38. The van der Waals surface area contributed by atoms with Crippen molar-refractivity contribution >= 4 is 11.6 Å². The maximum Gasteiger partial charge on any atom is 0.451 e. The van der Waals surface area contributed by atoms with Crippen LogP contribution in [-0.2, 0) is 10.9 Å². The van der Waals surface area contributed by atoms with Crippen molar-refractivity contribution < 1.29 is 17.9 Å². The number of alkyl halides is 3. The highest BCUT2D eigenvalue weighted by Gasteiger charge is 2.36. The molecule has 1 atom stereocenters. The molecule has 1 aromatic rings. The predicted molar refractivity (Wildman–Crippen MR) is 68.8 cm³/mol. The van der Waals surface area contributed by atoms with Gasteiger partial charge in [-0.2, -0.15) is 13.2 Å². The summed E-state index contributed by atoms with van der Waals surface area (Å²) in [5.74, 6) is -0.660. The maximum atomic E-state index is 12.9. The van der Waals surface area contributed by atoms with Crippen LogP contribution in [0.5, 0.6) is 0 Å². The Kier molecular flexibility index (Phi) is 4.32. The van der Waals surface area contributed by atoms with Crippen molar-refractivity contribution in [1.29, 1.82) is 0 Å². The van der Waals surface area contributed by atoms with Gasteiger partial charge in [-0.25, -0.2) is 9.97 Å². The minimum atomic E-state index is -4.56. The third-order valence-corrected chi connectivity index (χ3v) is 2.99. The molecule has 0 amide bonds. The number of hydrogen-bond acceptors (Lipinski definition) is 5. The van der Waals surface area contributed by atoms with Crippen molar-refractivity contribution in [3.8, 4) is 0 Å². The van der Waals surface area contributed by atoms with E-state index in [1.807, 2.05) is 6.92 Å². The van der Waals surface area contributed by atoms with Crippen molar-refractivity contribution in [2.75, 3.05) is 36.5 Å². The number of rotatable bonds is 3. The Morgan fingerprint density at radius 1 is 1.45 bits per heavy atom. The van der Waals surface area contributed by atoms with Crippen molar-refractivity contribution in [2.45, 2.75) is 26.1 Å². The highest BCUT2D eigenvalue weighted by Crippen LogP contribution is 2.30. The summed E-state index contributed by atoms with van der Waals surface area (Å²) in [5.41, 5.74) is 0. The topological polar surface area (TPSA) is 50.3 Å². The lowest BCUT2D eigenvalue weighted by molar-refractivity contribution is -0.144. The summed E-state index contributed by atoms with van der Waals surface area (Å²) < 4.78 is 43.9. The molecule has 112 valence electrons. The Hall–Kier alpha value is -1.57. The van der Waals surface area contributed by atoms with E-state index in [0.29, 0.717) is 26.3 Å². The fraction of sp³-hybridized carbons (Fsp3) is 0.667. The molecule has 8 heteroatoms. The largest absolute Gasteiger partial charge is 0.451 e. The van der Waals surface area contributed by atoms with E-state index in [2.05, 4.69) is 15.3 Å². The summed E-state index contributed by atoms with van der Waals surface area (Å²) in [4.78, 5) is 8.97. The quantitative estimate of drug-likeness (QED) is 0.924. The molecule has 1 aromatic heterocycles. The Morgan fingerprint density at radius 3 is 2.80 bits per heavy atom. The van der Waals surface area contributed by atoms with Crippen molar-refractivity contribution in [2.24, 2.45) is 0 Å². The fourth-order valence-corrected chi connectivity index (χ4v) is 2.05. The molecule has 1 unspecified atom stereocenters. The van der Waals surface area contributed by atoms with Crippen LogP contribution in [0, 0.1) is 0 Å². The third-order valence-electron chi connectivity index (χ3n) is 2.99. The van der Waals surface area contributed by atoms with Crippen LogP contribution in [-0.4, -0.2) is 42.3 Å². The van der Waals surface area contributed by atoms with E-state index in [1.165, 1.54) is 0 Å². The van der Waals surface area contributed by atoms with Gasteiger partial charge in [-0.05, 0) is 13.8 Å². The number of morpholine rings is 1. The molecule has 20 heavy (non-hydrogen) atoms. The Morgan fingerprint density at radius 2 is 2.20 bits per heavy atom. The lowest BCUT2D eigenvalue weighted by Crippen LogP contribution is -2.44. The second kappa shape index (κ2) is 5.82. The van der Waals surface area contributed by atoms with Crippen LogP contribution in [0.2, 0.25) is 0 Å². The first-order valence-electron chi connectivity index (χ1n) is 6.46. The van der Waals surface area contributed by atoms with Crippen LogP contribution in [0.25, 0.3) is 0 Å². The molecule has 0 saturated carbocycles. The van der Waals surface area contributed by atoms with Gasteiger partial charge in [-0.1, -0.05) is 0 Å². The Labute approximate surface area is 115 Å². The van der Waals surface area contributed by atoms with Gasteiger partial charge in [0, 0.05) is 19.2 Å². The van der Waals surface area contributed by atoms with Gasteiger partial charge in [0.15, 0.2) is 0 Å². The van der Waals surface area contributed by atoms with E-state index in [4.69, 9.17) is 4.74 Å². The lowest BCUT2D eigenvalue weighted by atomic mass is 10.2. The molecule has 5 nitrogen and oxygen atoms in total. The van der Waals surface area contributed by atoms with Gasteiger partial charge in [0.1, 0.15) is 11.6 Å². The summed E-state index contributed by atoms with van der Waals surface area (Å²) in [5, 5.41) is 2.81. The molecule has 2 rings (SSSR count). The second-order valence-electron chi connectivity index (χ2n) is 4.58. The summed E-state index contributed by atoms with van der Waals surface area (Å²) in [7, 11) is 0.